The van der Waals surface area contributed by atoms with E-state index in [4.69, 9.17) is 4.98 Å². The third kappa shape index (κ3) is 1.88. The van der Waals surface area contributed by atoms with Crippen molar-refractivity contribution in [1.82, 2.24) is 15.3 Å². The second-order valence-corrected chi connectivity index (χ2v) is 6.20. The fraction of sp³-hybridized carbons (Fsp3) is 0.562. The Bertz CT molecular complexity index is 587. The van der Waals surface area contributed by atoms with Gasteiger partial charge in [-0.25, -0.2) is 4.98 Å². The first-order chi connectivity index (χ1) is 9.31. The zero-order valence-electron chi connectivity index (χ0n) is 11.4. The number of benzene rings is 1. The summed E-state index contributed by atoms with van der Waals surface area (Å²) in [5.74, 6) is 2.01. The number of aryl methyl sites for hydroxylation is 1. The van der Waals surface area contributed by atoms with Gasteiger partial charge in [-0.3, -0.25) is 0 Å². The fourth-order valence-electron chi connectivity index (χ4n) is 3.89. The molecule has 2 N–H and O–H groups in total. The van der Waals surface area contributed by atoms with Gasteiger partial charge in [-0.05, 0) is 43.7 Å². The smallest absolute Gasteiger partial charge is 0.124 e. The number of fused-ring (bicyclic) bond motifs is 2. The van der Waals surface area contributed by atoms with Gasteiger partial charge >= 0.3 is 0 Å². The van der Waals surface area contributed by atoms with Gasteiger partial charge in [-0.1, -0.05) is 25.0 Å². The summed E-state index contributed by atoms with van der Waals surface area (Å²) in [6.07, 6.45) is 6.80. The normalized spacial score (nSPS) is 30.7. The van der Waals surface area contributed by atoms with Crippen molar-refractivity contribution in [2.75, 3.05) is 0 Å². The molecule has 2 aromatic rings. The Morgan fingerprint density at radius 1 is 1.21 bits per heavy atom. The third-order valence-corrected chi connectivity index (χ3v) is 4.93. The standard InChI is InChI=1S/C16H21N3/c1-10-5-4-8-13-15(10)19-16(18-13)14-9-11-6-2-3-7-12(11)17-14/h4-5,8,11-12,14,17H,2-3,6-7,9H2,1H3,(H,18,19). The van der Waals surface area contributed by atoms with Crippen molar-refractivity contribution >= 4 is 11.0 Å². The molecule has 100 valence electrons. The molecule has 2 fully saturated rings. The molecule has 3 heteroatoms. The molecule has 19 heavy (non-hydrogen) atoms. The third-order valence-electron chi connectivity index (χ3n) is 4.93. The highest BCUT2D eigenvalue weighted by Crippen LogP contribution is 2.38. The molecule has 1 aromatic carbocycles. The van der Waals surface area contributed by atoms with E-state index in [9.17, 15) is 0 Å². The number of imidazole rings is 1. The Balaban J connectivity index is 1.66. The molecule has 1 saturated carbocycles. The summed E-state index contributed by atoms with van der Waals surface area (Å²) in [7, 11) is 0. The summed E-state index contributed by atoms with van der Waals surface area (Å²) in [6, 6.07) is 7.52. The lowest BCUT2D eigenvalue weighted by molar-refractivity contribution is 0.325. The van der Waals surface area contributed by atoms with E-state index in [1.165, 1.54) is 43.2 Å². The zero-order valence-corrected chi connectivity index (χ0v) is 11.4. The molecule has 0 amide bonds. The second-order valence-electron chi connectivity index (χ2n) is 6.20. The summed E-state index contributed by atoms with van der Waals surface area (Å²) in [5.41, 5.74) is 3.57. The highest BCUT2D eigenvalue weighted by atomic mass is 15.1. The van der Waals surface area contributed by atoms with Crippen molar-refractivity contribution in [3.63, 3.8) is 0 Å². The van der Waals surface area contributed by atoms with Gasteiger partial charge in [0.05, 0.1) is 17.1 Å². The minimum absolute atomic E-state index is 0.430. The van der Waals surface area contributed by atoms with Crippen LogP contribution in [0.3, 0.4) is 0 Å². The van der Waals surface area contributed by atoms with Crippen LogP contribution in [0.15, 0.2) is 18.2 Å². The molecular weight excluding hydrogens is 234 g/mol. The second kappa shape index (κ2) is 4.34. The summed E-state index contributed by atoms with van der Waals surface area (Å²) >= 11 is 0. The van der Waals surface area contributed by atoms with Crippen LogP contribution in [0, 0.1) is 12.8 Å². The first kappa shape index (κ1) is 11.5. The molecule has 1 aromatic heterocycles. The minimum Gasteiger partial charge on any atom is -0.341 e. The number of hydrogen-bond acceptors (Lipinski definition) is 2. The zero-order chi connectivity index (χ0) is 12.8. The minimum atomic E-state index is 0.430. The van der Waals surface area contributed by atoms with Crippen molar-refractivity contribution in [2.24, 2.45) is 5.92 Å². The van der Waals surface area contributed by atoms with Gasteiger partial charge in [-0.15, -0.1) is 0 Å². The molecule has 3 nitrogen and oxygen atoms in total. The topological polar surface area (TPSA) is 40.7 Å². The quantitative estimate of drug-likeness (QED) is 0.819. The van der Waals surface area contributed by atoms with Gasteiger partial charge in [0.2, 0.25) is 0 Å². The van der Waals surface area contributed by atoms with Crippen LogP contribution in [0.4, 0.5) is 0 Å². The lowest BCUT2D eigenvalue weighted by atomic mass is 9.85. The van der Waals surface area contributed by atoms with Crippen LogP contribution in [0.1, 0.15) is 49.5 Å². The van der Waals surface area contributed by atoms with Gasteiger partial charge in [0.25, 0.3) is 0 Å². The van der Waals surface area contributed by atoms with Crippen LogP contribution < -0.4 is 5.32 Å². The lowest BCUT2D eigenvalue weighted by Gasteiger charge is -2.24. The first-order valence-corrected chi connectivity index (χ1v) is 7.52. The number of hydrogen-bond donors (Lipinski definition) is 2. The van der Waals surface area contributed by atoms with E-state index in [-0.39, 0.29) is 0 Å². The van der Waals surface area contributed by atoms with Crippen molar-refractivity contribution in [1.29, 1.82) is 0 Å². The molecular formula is C16H21N3. The highest BCUT2D eigenvalue weighted by Gasteiger charge is 2.36. The van der Waals surface area contributed by atoms with Gasteiger partial charge in [-0.2, -0.15) is 0 Å². The fourth-order valence-corrected chi connectivity index (χ4v) is 3.89. The number of rotatable bonds is 1. The molecule has 0 bridgehead atoms. The summed E-state index contributed by atoms with van der Waals surface area (Å²) in [5, 5.41) is 3.80. The number of nitrogens with zero attached hydrogens (tertiary/aromatic N) is 1. The van der Waals surface area contributed by atoms with Crippen LogP contribution >= 0.6 is 0 Å². The number of para-hydroxylation sites is 1. The molecule has 4 rings (SSSR count). The Kier molecular flexibility index (Phi) is 2.62. The van der Waals surface area contributed by atoms with Crippen LogP contribution in [0.2, 0.25) is 0 Å². The van der Waals surface area contributed by atoms with Crippen LogP contribution in [-0.2, 0) is 0 Å². The summed E-state index contributed by atoms with van der Waals surface area (Å²) in [6.45, 7) is 2.13. The monoisotopic (exact) mass is 255 g/mol. The maximum absolute atomic E-state index is 4.83. The molecule has 3 atom stereocenters. The van der Waals surface area contributed by atoms with E-state index >= 15 is 0 Å². The average molecular weight is 255 g/mol. The van der Waals surface area contributed by atoms with Crippen LogP contribution in [0.5, 0.6) is 0 Å². The van der Waals surface area contributed by atoms with E-state index < -0.39 is 0 Å². The number of aromatic nitrogens is 2. The van der Waals surface area contributed by atoms with Gasteiger partial charge in [0, 0.05) is 6.04 Å². The van der Waals surface area contributed by atoms with E-state index in [0.29, 0.717) is 6.04 Å². The summed E-state index contributed by atoms with van der Waals surface area (Å²) < 4.78 is 0. The van der Waals surface area contributed by atoms with Crippen LogP contribution in [0.25, 0.3) is 11.0 Å². The number of H-pyrrole nitrogens is 1. The van der Waals surface area contributed by atoms with Gasteiger partial charge < -0.3 is 10.3 Å². The molecule has 0 spiro atoms. The number of aromatic amines is 1. The Morgan fingerprint density at radius 2 is 2.11 bits per heavy atom. The van der Waals surface area contributed by atoms with Crippen molar-refractivity contribution < 1.29 is 0 Å². The van der Waals surface area contributed by atoms with Crippen molar-refractivity contribution in [3.8, 4) is 0 Å². The Morgan fingerprint density at radius 3 is 2.95 bits per heavy atom. The van der Waals surface area contributed by atoms with E-state index in [1.54, 1.807) is 0 Å². The Hall–Kier alpha value is -1.35. The van der Waals surface area contributed by atoms with Crippen molar-refractivity contribution in [2.45, 2.75) is 51.1 Å². The predicted octanol–water partition coefficient (Wildman–Crippen LogP) is 3.46. The van der Waals surface area contributed by atoms with Gasteiger partial charge in [0.15, 0.2) is 0 Å². The maximum Gasteiger partial charge on any atom is 0.124 e. The van der Waals surface area contributed by atoms with E-state index in [1.807, 2.05) is 0 Å². The molecule has 3 unspecified atom stereocenters. The van der Waals surface area contributed by atoms with E-state index in [0.717, 1.165) is 23.3 Å². The Labute approximate surface area is 113 Å². The van der Waals surface area contributed by atoms with Crippen LogP contribution in [-0.4, -0.2) is 16.0 Å². The largest absolute Gasteiger partial charge is 0.341 e. The molecule has 2 aliphatic rings. The average Bonchev–Trinajstić information content (AvgIpc) is 3.02. The SMILES string of the molecule is Cc1cccc2[nH]c(C3CC4CCCCC4N3)nc12. The van der Waals surface area contributed by atoms with E-state index in [2.05, 4.69) is 35.4 Å². The molecule has 1 aliphatic carbocycles. The lowest BCUT2D eigenvalue weighted by Crippen LogP contribution is -2.30. The summed E-state index contributed by atoms with van der Waals surface area (Å²) in [4.78, 5) is 8.35. The molecule has 1 aliphatic heterocycles. The number of nitrogens with one attached hydrogen (secondary N) is 2. The maximum atomic E-state index is 4.83. The van der Waals surface area contributed by atoms with Crippen molar-refractivity contribution in [3.05, 3.63) is 29.6 Å². The van der Waals surface area contributed by atoms with Gasteiger partial charge in [0.1, 0.15) is 5.82 Å². The highest BCUT2D eigenvalue weighted by molar-refractivity contribution is 5.78. The first-order valence-electron chi connectivity index (χ1n) is 7.52. The predicted molar refractivity (Wildman–Crippen MR) is 77.1 cm³/mol. The molecule has 2 heterocycles. The molecule has 1 saturated heterocycles. The molecule has 0 radical (unpaired) electrons.